The summed E-state index contributed by atoms with van der Waals surface area (Å²) < 4.78 is 23.7. The molecule has 0 bridgehead atoms. The molecule has 0 heterocycles. The lowest BCUT2D eigenvalue weighted by atomic mass is 10.3. The molecule has 0 saturated carbocycles. The number of hydrogen-bond donors (Lipinski definition) is 2. The maximum Gasteiger partial charge on any atom is 0.322 e. The zero-order chi connectivity index (χ0) is 17.7. The van der Waals surface area contributed by atoms with E-state index in [2.05, 4.69) is 5.32 Å². The van der Waals surface area contributed by atoms with Gasteiger partial charge in [0, 0.05) is 20.5 Å². The zero-order valence-corrected chi connectivity index (χ0v) is 15.2. The van der Waals surface area contributed by atoms with Gasteiger partial charge in [0.05, 0.1) is 10.6 Å². The van der Waals surface area contributed by atoms with E-state index in [9.17, 15) is 13.2 Å². The van der Waals surface area contributed by atoms with Crippen molar-refractivity contribution in [3.8, 4) is 0 Å². The highest BCUT2D eigenvalue weighted by Crippen LogP contribution is 2.35. The lowest BCUT2D eigenvalue weighted by molar-refractivity contribution is -0.134. The summed E-state index contributed by atoms with van der Waals surface area (Å²) in [5, 5.41) is 12.1. The highest BCUT2D eigenvalue weighted by atomic mass is 35.5. The lowest BCUT2D eigenvalue weighted by Gasteiger charge is -2.11. The molecule has 0 spiro atoms. The summed E-state index contributed by atoms with van der Waals surface area (Å²) in [5.41, 5.74) is 0.650. The number of hydrogen-bond acceptors (Lipinski definition) is 5. The number of sulfone groups is 1. The maximum absolute atomic E-state index is 11.8. The van der Waals surface area contributed by atoms with Gasteiger partial charge in [-0.3, -0.25) is 4.79 Å². The van der Waals surface area contributed by atoms with Crippen LogP contribution in [0.1, 0.15) is 6.92 Å². The number of benzene rings is 2. The Morgan fingerprint density at radius 2 is 1.88 bits per heavy atom. The van der Waals surface area contributed by atoms with Crippen LogP contribution in [0.3, 0.4) is 0 Å². The van der Waals surface area contributed by atoms with Gasteiger partial charge in [-0.2, -0.15) is 0 Å². The minimum absolute atomic E-state index is 0.0526. The highest BCUT2D eigenvalue weighted by Gasteiger charge is 2.12. The summed E-state index contributed by atoms with van der Waals surface area (Å²) in [4.78, 5) is 12.6. The second-order valence-electron chi connectivity index (χ2n) is 4.86. The van der Waals surface area contributed by atoms with Gasteiger partial charge in [0.1, 0.15) is 6.54 Å². The molecule has 2 N–H and O–H groups in total. The van der Waals surface area contributed by atoms with Crippen LogP contribution in [0.5, 0.6) is 0 Å². The molecule has 8 heteroatoms. The van der Waals surface area contributed by atoms with Crippen molar-refractivity contribution in [3.05, 3.63) is 47.5 Å². The van der Waals surface area contributed by atoms with Crippen LogP contribution in [-0.4, -0.2) is 31.8 Å². The molecular weight excluding hydrogens is 370 g/mol. The maximum atomic E-state index is 11.8. The summed E-state index contributed by atoms with van der Waals surface area (Å²) in [5.74, 6) is -0.910. The molecule has 0 aliphatic heterocycles. The Morgan fingerprint density at radius 1 is 1.21 bits per heavy atom. The zero-order valence-electron chi connectivity index (χ0n) is 12.8. The predicted octanol–water partition coefficient (Wildman–Crippen LogP) is 3.78. The van der Waals surface area contributed by atoms with E-state index in [4.69, 9.17) is 16.7 Å². The first-order valence-corrected chi connectivity index (χ1v) is 9.92. The Bertz CT molecular complexity index is 836. The molecule has 128 valence electrons. The second kappa shape index (κ2) is 7.92. The van der Waals surface area contributed by atoms with Gasteiger partial charge in [0.15, 0.2) is 9.84 Å². The van der Waals surface area contributed by atoms with Gasteiger partial charge in [0.25, 0.3) is 0 Å². The molecule has 2 aromatic carbocycles. The molecule has 0 unspecified atom stereocenters. The molecule has 0 amide bonds. The van der Waals surface area contributed by atoms with Crippen LogP contribution >= 0.6 is 23.4 Å². The fourth-order valence-electron chi connectivity index (χ4n) is 1.91. The molecule has 5 nitrogen and oxygen atoms in total. The van der Waals surface area contributed by atoms with E-state index < -0.39 is 15.8 Å². The first-order valence-electron chi connectivity index (χ1n) is 7.07. The Balaban J connectivity index is 2.24. The summed E-state index contributed by atoms with van der Waals surface area (Å²) in [7, 11) is -3.23. The summed E-state index contributed by atoms with van der Waals surface area (Å²) in [6.45, 7) is 1.40. The van der Waals surface area contributed by atoms with Gasteiger partial charge in [-0.1, -0.05) is 30.3 Å². The molecule has 0 fully saturated rings. The fourth-order valence-corrected chi connectivity index (χ4v) is 3.99. The Hall–Kier alpha value is -1.70. The average molecular weight is 386 g/mol. The molecule has 0 saturated heterocycles. The van der Waals surface area contributed by atoms with Gasteiger partial charge in [0.2, 0.25) is 0 Å². The SMILES string of the molecule is CCS(=O)(=O)c1ccc(Sc2cc(Cl)ccc2NCC(=O)O)cc1. The van der Waals surface area contributed by atoms with E-state index in [0.29, 0.717) is 10.7 Å². The third-order valence-electron chi connectivity index (χ3n) is 3.16. The molecule has 2 rings (SSSR count). The molecule has 0 aliphatic rings. The van der Waals surface area contributed by atoms with Crippen molar-refractivity contribution in [2.45, 2.75) is 21.6 Å². The normalized spacial score (nSPS) is 11.2. The molecular formula is C16H16ClNO4S2. The highest BCUT2D eigenvalue weighted by molar-refractivity contribution is 7.99. The van der Waals surface area contributed by atoms with Crippen molar-refractivity contribution in [1.29, 1.82) is 0 Å². The quantitative estimate of drug-likeness (QED) is 0.754. The van der Waals surface area contributed by atoms with Gasteiger partial charge in [-0.05, 0) is 42.5 Å². The molecule has 0 aliphatic carbocycles. The summed E-state index contributed by atoms with van der Waals surface area (Å²) in [6.07, 6.45) is 0. The number of anilines is 1. The van der Waals surface area contributed by atoms with E-state index in [1.807, 2.05) is 0 Å². The summed E-state index contributed by atoms with van der Waals surface area (Å²) in [6, 6.07) is 11.7. The first kappa shape index (κ1) is 18.6. The largest absolute Gasteiger partial charge is 0.480 e. The smallest absolute Gasteiger partial charge is 0.322 e. The van der Waals surface area contributed by atoms with Crippen molar-refractivity contribution in [3.63, 3.8) is 0 Å². The van der Waals surface area contributed by atoms with Crippen LogP contribution in [0.15, 0.2) is 57.2 Å². The Kier molecular flexibility index (Phi) is 6.15. The fraction of sp³-hybridized carbons (Fsp3) is 0.188. The Labute approximate surface area is 150 Å². The first-order chi connectivity index (χ1) is 11.3. The average Bonchev–Trinajstić information content (AvgIpc) is 2.54. The summed E-state index contributed by atoms with van der Waals surface area (Å²) >= 11 is 7.39. The van der Waals surface area contributed by atoms with Gasteiger partial charge < -0.3 is 10.4 Å². The van der Waals surface area contributed by atoms with Crippen molar-refractivity contribution >= 4 is 44.9 Å². The standard InChI is InChI=1S/C16H16ClNO4S2/c1-2-24(21,22)13-6-4-12(5-7-13)23-15-9-11(17)3-8-14(15)18-10-16(19)20/h3-9,18H,2,10H2,1H3,(H,19,20). The van der Waals surface area contributed by atoms with Crippen LogP contribution in [0.25, 0.3) is 0 Å². The number of aliphatic carboxylic acids is 1. The topological polar surface area (TPSA) is 83.5 Å². The molecule has 24 heavy (non-hydrogen) atoms. The van der Waals surface area contributed by atoms with E-state index >= 15 is 0 Å². The van der Waals surface area contributed by atoms with Crippen molar-refractivity contribution in [2.75, 3.05) is 17.6 Å². The van der Waals surface area contributed by atoms with Gasteiger partial charge in [-0.15, -0.1) is 0 Å². The molecule has 0 aromatic heterocycles. The molecule has 2 aromatic rings. The van der Waals surface area contributed by atoms with Crippen LogP contribution in [0.2, 0.25) is 5.02 Å². The number of nitrogens with one attached hydrogen (secondary N) is 1. The number of rotatable bonds is 7. The predicted molar refractivity (Wildman–Crippen MR) is 95.9 cm³/mol. The van der Waals surface area contributed by atoms with E-state index in [0.717, 1.165) is 9.79 Å². The number of halogens is 1. The van der Waals surface area contributed by atoms with Crippen LogP contribution in [0.4, 0.5) is 5.69 Å². The Morgan fingerprint density at radius 3 is 2.46 bits per heavy atom. The van der Waals surface area contributed by atoms with Crippen molar-refractivity contribution in [2.24, 2.45) is 0 Å². The van der Waals surface area contributed by atoms with Crippen molar-refractivity contribution < 1.29 is 18.3 Å². The van der Waals surface area contributed by atoms with E-state index in [1.54, 1.807) is 49.4 Å². The lowest BCUT2D eigenvalue weighted by Crippen LogP contribution is -2.12. The van der Waals surface area contributed by atoms with Crippen LogP contribution < -0.4 is 5.32 Å². The van der Waals surface area contributed by atoms with Gasteiger partial charge >= 0.3 is 5.97 Å². The minimum Gasteiger partial charge on any atom is -0.480 e. The minimum atomic E-state index is -3.23. The van der Waals surface area contributed by atoms with E-state index in [1.165, 1.54) is 11.8 Å². The number of carboxylic acids is 1. The third-order valence-corrected chi connectivity index (χ3v) is 6.22. The van der Waals surface area contributed by atoms with Crippen LogP contribution in [0, 0.1) is 0 Å². The molecule has 0 radical (unpaired) electrons. The monoisotopic (exact) mass is 385 g/mol. The number of carbonyl (C=O) groups is 1. The second-order valence-corrected chi connectivity index (χ2v) is 8.69. The van der Waals surface area contributed by atoms with E-state index in [-0.39, 0.29) is 17.2 Å². The number of carboxylic acid groups (broad SMARTS) is 1. The molecule has 0 atom stereocenters. The van der Waals surface area contributed by atoms with Crippen molar-refractivity contribution in [1.82, 2.24) is 0 Å². The van der Waals surface area contributed by atoms with Crippen LogP contribution in [-0.2, 0) is 14.6 Å². The van der Waals surface area contributed by atoms with Gasteiger partial charge in [-0.25, -0.2) is 8.42 Å². The third kappa shape index (κ3) is 4.90.